The van der Waals surface area contributed by atoms with Crippen molar-refractivity contribution in [3.63, 3.8) is 0 Å². The number of rotatable bonds is 4. The third-order valence-electron chi connectivity index (χ3n) is 5.10. The Morgan fingerprint density at radius 3 is 2.55 bits per heavy atom. The van der Waals surface area contributed by atoms with Crippen molar-refractivity contribution in [1.29, 1.82) is 0 Å². The number of aromatic nitrogens is 3. The molecule has 2 aliphatic heterocycles. The lowest BCUT2D eigenvalue weighted by atomic mass is 10.0. The normalized spacial score (nSPS) is 11.2. The lowest BCUT2D eigenvalue weighted by Crippen LogP contribution is -2.04. The van der Waals surface area contributed by atoms with Crippen LogP contribution in [0.3, 0.4) is 0 Å². The predicted molar refractivity (Wildman–Crippen MR) is 112 cm³/mol. The fraction of sp³-hybridized carbons (Fsp3) is 0.0833. The first-order valence-electron chi connectivity index (χ1n) is 9.36. The summed E-state index contributed by atoms with van der Waals surface area (Å²) in [5.74, 6) is 0.517. The van der Waals surface area contributed by atoms with E-state index in [0.717, 1.165) is 39.0 Å². The van der Waals surface area contributed by atoms with Gasteiger partial charge in [0.25, 0.3) is 0 Å². The zero-order valence-corrected chi connectivity index (χ0v) is 15.8. The lowest BCUT2D eigenvalue weighted by molar-refractivity contribution is 0.414. The van der Waals surface area contributed by atoms with Crippen LogP contribution in [-0.4, -0.2) is 21.9 Å². The van der Waals surface area contributed by atoms with E-state index in [1.165, 1.54) is 12.1 Å². The molecular weight excluding hydrogens is 365 g/mol. The minimum Gasteiger partial charge on any atom is -0.497 e. The van der Waals surface area contributed by atoms with Gasteiger partial charge in [-0.25, -0.2) is 4.39 Å². The van der Waals surface area contributed by atoms with Crippen LogP contribution in [0, 0.1) is 5.82 Å². The van der Waals surface area contributed by atoms with Crippen LogP contribution in [0.1, 0.15) is 5.56 Å². The molecule has 4 nitrogen and oxygen atoms in total. The number of methoxy groups -OCH3 is 1. The minimum atomic E-state index is -0.290. The van der Waals surface area contributed by atoms with E-state index in [9.17, 15) is 4.39 Å². The molecule has 0 saturated carbocycles. The second kappa shape index (κ2) is 7.02. The second-order valence-electron chi connectivity index (χ2n) is 6.95. The van der Waals surface area contributed by atoms with Crippen molar-refractivity contribution in [2.45, 2.75) is 6.54 Å². The standard InChI is InChI=1S/C24H18FN3O/c1-29-19-9-5-6-16(12-19)14-28-15-21-23(17-7-3-2-4-8-17)26-27-24(21)20-13-18(25)10-11-22(20)28/h2-13,15H,14H2,1H3. The number of nitrogens with zero attached hydrogens (tertiary/aromatic N) is 3. The fourth-order valence-electron chi connectivity index (χ4n) is 3.72. The van der Waals surface area contributed by atoms with Crippen LogP contribution in [0.25, 0.3) is 33.4 Å². The number of benzene rings is 3. The van der Waals surface area contributed by atoms with E-state index >= 15 is 0 Å². The zero-order chi connectivity index (χ0) is 19.8. The van der Waals surface area contributed by atoms with Gasteiger partial charge in [0.05, 0.1) is 12.6 Å². The Labute approximate surface area is 167 Å². The quantitative estimate of drug-likeness (QED) is 0.417. The minimum absolute atomic E-state index is 0.290. The van der Waals surface area contributed by atoms with Crippen molar-refractivity contribution in [1.82, 2.24) is 14.8 Å². The molecule has 0 aromatic heterocycles. The fourth-order valence-corrected chi connectivity index (χ4v) is 3.72. The summed E-state index contributed by atoms with van der Waals surface area (Å²) in [5.41, 5.74) is 5.39. The highest BCUT2D eigenvalue weighted by Crippen LogP contribution is 2.36. The van der Waals surface area contributed by atoms with E-state index in [1.807, 2.05) is 48.5 Å². The molecule has 0 unspecified atom stereocenters. The molecule has 0 radical (unpaired) electrons. The van der Waals surface area contributed by atoms with Crippen LogP contribution in [-0.2, 0) is 6.54 Å². The summed E-state index contributed by atoms with van der Waals surface area (Å²) < 4.78 is 21.5. The van der Waals surface area contributed by atoms with E-state index in [0.29, 0.717) is 12.2 Å². The van der Waals surface area contributed by atoms with Gasteiger partial charge in [0.15, 0.2) is 0 Å². The molecule has 0 aliphatic carbocycles. The molecule has 0 spiro atoms. The van der Waals surface area contributed by atoms with E-state index in [-0.39, 0.29) is 5.82 Å². The summed E-state index contributed by atoms with van der Waals surface area (Å²) in [6, 6.07) is 22.7. The Balaban J connectivity index is 1.73. The third kappa shape index (κ3) is 3.10. The Bertz CT molecular complexity index is 1280. The molecule has 142 valence electrons. The molecule has 0 fully saturated rings. The zero-order valence-electron chi connectivity index (χ0n) is 15.8. The van der Waals surface area contributed by atoms with Crippen molar-refractivity contribution in [2.75, 3.05) is 7.11 Å². The first-order chi connectivity index (χ1) is 14.2. The second-order valence-corrected chi connectivity index (χ2v) is 6.95. The summed E-state index contributed by atoms with van der Waals surface area (Å²) in [6.45, 7) is 0.620. The first-order valence-corrected chi connectivity index (χ1v) is 9.36. The smallest absolute Gasteiger partial charge is 0.124 e. The van der Waals surface area contributed by atoms with Crippen molar-refractivity contribution in [2.24, 2.45) is 0 Å². The van der Waals surface area contributed by atoms with Gasteiger partial charge in [-0.3, -0.25) is 0 Å². The Morgan fingerprint density at radius 1 is 0.897 bits per heavy atom. The SMILES string of the molecule is COc1cccc(Cn2cc3c(-c4ccccc4)nnc-3c3cc(F)ccc32)c1. The van der Waals surface area contributed by atoms with Gasteiger partial charge in [0.2, 0.25) is 0 Å². The molecule has 2 heterocycles. The molecule has 0 bridgehead atoms. The number of halogens is 1. The average Bonchev–Trinajstić information content (AvgIpc) is 3.18. The average molecular weight is 383 g/mol. The number of ether oxygens (including phenoxy) is 1. The molecule has 5 rings (SSSR count). The lowest BCUT2D eigenvalue weighted by Gasteiger charge is -2.15. The van der Waals surface area contributed by atoms with Gasteiger partial charge in [-0.2, -0.15) is 0 Å². The van der Waals surface area contributed by atoms with Gasteiger partial charge in [-0.15, -0.1) is 10.2 Å². The van der Waals surface area contributed by atoms with Crippen molar-refractivity contribution >= 4 is 10.9 Å². The highest BCUT2D eigenvalue weighted by Gasteiger charge is 2.20. The van der Waals surface area contributed by atoms with Crippen LogP contribution in [0.5, 0.6) is 5.75 Å². The number of fused-ring (bicyclic) bond motifs is 3. The maximum absolute atomic E-state index is 14.1. The molecule has 0 atom stereocenters. The molecule has 2 aliphatic rings. The summed E-state index contributed by atoms with van der Waals surface area (Å²) in [7, 11) is 1.66. The van der Waals surface area contributed by atoms with E-state index in [4.69, 9.17) is 4.74 Å². The van der Waals surface area contributed by atoms with Gasteiger partial charge < -0.3 is 9.30 Å². The molecule has 3 aromatic rings. The molecule has 0 saturated heterocycles. The van der Waals surface area contributed by atoms with Gasteiger partial charge in [0, 0.05) is 29.3 Å². The predicted octanol–water partition coefficient (Wildman–Crippen LogP) is 5.40. The number of hydrogen-bond acceptors (Lipinski definition) is 3. The topological polar surface area (TPSA) is 39.9 Å². The Morgan fingerprint density at radius 2 is 1.72 bits per heavy atom. The molecule has 5 heteroatoms. The Kier molecular flexibility index (Phi) is 4.21. The number of hydrogen-bond donors (Lipinski definition) is 0. The van der Waals surface area contributed by atoms with Gasteiger partial charge in [0.1, 0.15) is 23.0 Å². The van der Waals surface area contributed by atoms with Crippen LogP contribution in [0.2, 0.25) is 0 Å². The van der Waals surface area contributed by atoms with Crippen LogP contribution >= 0.6 is 0 Å². The Hall–Kier alpha value is -3.73. The third-order valence-corrected chi connectivity index (χ3v) is 5.10. The summed E-state index contributed by atoms with van der Waals surface area (Å²) in [4.78, 5) is 0. The van der Waals surface area contributed by atoms with Crippen molar-refractivity contribution in [3.8, 4) is 28.3 Å². The maximum Gasteiger partial charge on any atom is 0.124 e. The van der Waals surface area contributed by atoms with Gasteiger partial charge >= 0.3 is 0 Å². The van der Waals surface area contributed by atoms with E-state index in [2.05, 4.69) is 27.0 Å². The first kappa shape index (κ1) is 17.4. The monoisotopic (exact) mass is 383 g/mol. The van der Waals surface area contributed by atoms with Crippen molar-refractivity contribution in [3.05, 3.63) is 90.4 Å². The largest absolute Gasteiger partial charge is 0.497 e. The van der Waals surface area contributed by atoms with Crippen LogP contribution in [0.15, 0.2) is 79.0 Å². The van der Waals surface area contributed by atoms with Crippen molar-refractivity contribution < 1.29 is 9.13 Å². The highest BCUT2D eigenvalue weighted by molar-refractivity contribution is 5.98. The maximum atomic E-state index is 14.1. The van der Waals surface area contributed by atoms with E-state index < -0.39 is 0 Å². The summed E-state index contributed by atoms with van der Waals surface area (Å²) >= 11 is 0. The highest BCUT2D eigenvalue weighted by atomic mass is 19.1. The van der Waals surface area contributed by atoms with Gasteiger partial charge in [-0.05, 0) is 35.9 Å². The van der Waals surface area contributed by atoms with Gasteiger partial charge in [-0.1, -0.05) is 42.5 Å². The number of pyridine rings is 1. The van der Waals surface area contributed by atoms with Crippen LogP contribution in [0.4, 0.5) is 4.39 Å². The molecule has 29 heavy (non-hydrogen) atoms. The summed E-state index contributed by atoms with van der Waals surface area (Å²) in [5, 5.41) is 9.56. The summed E-state index contributed by atoms with van der Waals surface area (Å²) in [6.07, 6.45) is 2.05. The van der Waals surface area contributed by atoms with E-state index in [1.54, 1.807) is 13.2 Å². The van der Waals surface area contributed by atoms with Crippen LogP contribution < -0.4 is 4.74 Å². The molecule has 0 N–H and O–H groups in total. The molecule has 0 amide bonds. The molecule has 3 aromatic carbocycles. The molecular formula is C24H18FN3O.